The number of anilines is 2. The number of methoxy groups -OCH3 is 2. The van der Waals surface area contributed by atoms with Crippen LogP contribution in [-0.2, 0) is 16.0 Å². The summed E-state index contributed by atoms with van der Waals surface area (Å²) in [5.74, 6) is 1.23. The summed E-state index contributed by atoms with van der Waals surface area (Å²) in [6.45, 7) is 0.965. The fraction of sp³-hybridized carbons (Fsp3) is 0.292. The number of rotatable bonds is 6. The molecule has 1 saturated heterocycles. The highest BCUT2D eigenvalue weighted by molar-refractivity contribution is 7.14. The van der Waals surface area contributed by atoms with Gasteiger partial charge in [0, 0.05) is 36.4 Å². The van der Waals surface area contributed by atoms with Gasteiger partial charge in [0.25, 0.3) is 0 Å². The number of amides is 2. The highest BCUT2D eigenvalue weighted by Crippen LogP contribution is 2.37. The van der Waals surface area contributed by atoms with Gasteiger partial charge in [-0.3, -0.25) is 9.59 Å². The molecule has 1 unspecified atom stereocenters. The van der Waals surface area contributed by atoms with E-state index in [-0.39, 0.29) is 24.8 Å². The Kier molecular flexibility index (Phi) is 5.63. The number of hydrogen-bond acceptors (Lipinski definition) is 7. The topological polar surface area (TPSA) is 90.0 Å². The average molecular weight is 466 g/mol. The van der Waals surface area contributed by atoms with Crippen LogP contribution in [0.3, 0.4) is 0 Å². The van der Waals surface area contributed by atoms with Crippen molar-refractivity contribution < 1.29 is 23.8 Å². The van der Waals surface area contributed by atoms with Gasteiger partial charge in [0.2, 0.25) is 11.8 Å². The van der Waals surface area contributed by atoms with Crippen LogP contribution in [0.15, 0.2) is 41.8 Å². The van der Waals surface area contributed by atoms with Gasteiger partial charge in [0.1, 0.15) is 17.2 Å². The van der Waals surface area contributed by atoms with Gasteiger partial charge in [-0.25, -0.2) is 4.98 Å². The Bertz CT molecular complexity index is 1220. The lowest BCUT2D eigenvalue weighted by Gasteiger charge is -2.20. The highest BCUT2D eigenvalue weighted by atomic mass is 32.1. The maximum absolute atomic E-state index is 12.9. The van der Waals surface area contributed by atoms with Gasteiger partial charge in [0.05, 0.1) is 38.1 Å². The zero-order valence-corrected chi connectivity index (χ0v) is 19.1. The Balaban J connectivity index is 1.28. The minimum atomic E-state index is -0.488. The van der Waals surface area contributed by atoms with Crippen molar-refractivity contribution in [3.8, 4) is 28.5 Å². The molecule has 5 rings (SSSR count). The molecule has 0 saturated carbocycles. The number of carbonyl (C=O) groups is 2. The smallest absolute Gasteiger partial charge is 0.231 e. The van der Waals surface area contributed by atoms with E-state index in [9.17, 15) is 9.59 Å². The van der Waals surface area contributed by atoms with Gasteiger partial charge < -0.3 is 24.4 Å². The molecule has 2 amide bonds. The van der Waals surface area contributed by atoms with Crippen LogP contribution in [0.2, 0.25) is 0 Å². The second-order valence-corrected chi connectivity index (χ2v) is 8.75. The molecule has 8 nitrogen and oxygen atoms in total. The fourth-order valence-corrected chi connectivity index (χ4v) is 4.86. The molecule has 1 fully saturated rings. The molecule has 9 heteroatoms. The molecule has 1 N–H and O–H groups in total. The van der Waals surface area contributed by atoms with E-state index < -0.39 is 5.92 Å². The van der Waals surface area contributed by atoms with E-state index in [0.29, 0.717) is 28.9 Å². The molecule has 170 valence electrons. The van der Waals surface area contributed by atoms with Crippen LogP contribution in [0, 0.1) is 5.92 Å². The molecule has 3 aromatic rings. The Morgan fingerprint density at radius 2 is 2.09 bits per heavy atom. The average Bonchev–Trinajstić information content (AvgIpc) is 3.57. The van der Waals surface area contributed by atoms with E-state index in [2.05, 4.69) is 16.4 Å². The van der Waals surface area contributed by atoms with Crippen molar-refractivity contribution in [3.63, 3.8) is 0 Å². The molecular weight excluding hydrogens is 442 g/mol. The van der Waals surface area contributed by atoms with Crippen LogP contribution in [0.5, 0.6) is 17.2 Å². The first-order valence-corrected chi connectivity index (χ1v) is 11.5. The van der Waals surface area contributed by atoms with Crippen molar-refractivity contribution in [3.05, 3.63) is 47.3 Å². The van der Waals surface area contributed by atoms with E-state index in [0.717, 1.165) is 23.4 Å². The second kappa shape index (κ2) is 8.74. The molecule has 3 heterocycles. The van der Waals surface area contributed by atoms with Gasteiger partial charge in [-0.2, -0.15) is 0 Å². The molecule has 0 radical (unpaired) electrons. The monoisotopic (exact) mass is 465 g/mol. The Morgan fingerprint density at radius 3 is 2.91 bits per heavy atom. The third-order valence-electron chi connectivity index (χ3n) is 5.89. The lowest BCUT2D eigenvalue weighted by molar-refractivity contribution is -0.122. The van der Waals surface area contributed by atoms with Gasteiger partial charge in [-0.1, -0.05) is 0 Å². The Hall–Kier alpha value is -3.59. The summed E-state index contributed by atoms with van der Waals surface area (Å²) >= 11 is 1.36. The SMILES string of the molecule is COc1ccc(OC)c(N2CC(C(=O)Nc3nc(-c4ccc5c(c4)CCO5)cs3)CC2=O)c1. The molecule has 2 aromatic carbocycles. The number of benzene rings is 2. The number of nitrogens with one attached hydrogen (secondary N) is 1. The number of carbonyl (C=O) groups excluding carboxylic acids is 2. The van der Waals surface area contributed by atoms with Gasteiger partial charge in [-0.05, 0) is 35.9 Å². The number of nitrogens with zero attached hydrogens (tertiary/aromatic N) is 2. The molecular formula is C24H23N3O5S. The van der Waals surface area contributed by atoms with E-state index in [1.165, 1.54) is 16.9 Å². The molecule has 1 aromatic heterocycles. The minimum absolute atomic E-state index is 0.120. The van der Waals surface area contributed by atoms with Crippen LogP contribution in [0.4, 0.5) is 10.8 Å². The summed E-state index contributed by atoms with van der Waals surface area (Å²) in [6.07, 6.45) is 1.01. The van der Waals surface area contributed by atoms with E-state index in [1.807, 2.05) is 17.5 Å². The lowest BCUT2D eigenvalue weighted by atomic mass is 10.1. The molecule has 0 aliphatic carbocycles. The van der Waals surface area contributed by atoms with Crippen molar-refractivity contribution in [2.75, 3.05) is 37.6 Å². The summed E-state index contributed by atoms with van der Waals surface area (Å²) < 4.78 is 16.2. The van der Waals surface area contributed by atoms with Crippen LogP contribution in [0.1, 0.15) is 12.0 Å². The second-order valence-electron chi connectivity index (χ2n) is 7.89. The summed E-state index contributed by atoms with van der Waals surface area (Å²) in [5.41, 5.74) is 3.55. The van der Waals surface area contributed by atoms with Crippen LogP contribution >= 0.6 is 11.3 Å². The predicted octanol–water partition coefficient (Wildman–Crippen LogP) is 3.75. The third kappa shape index (κ3) is 4.11. The van der Waals surface area contributed by atoms with Gasteiger partial charge >= 0.3 is 0 Å². The number of thiazole rings is 1. The van der Waals surface area contributed by atoms with Crippen molar-refractivity contribution in [1.82, 2.24) is 4.98 Å². The molecule has 33 heavy (non-hydrogen) atoms. The van der Waals surface area contributed by atoms with E-state index in [1.54, 1.807) is 37.3 Å². The normalized spacial score (nSPS) is 17.0. The number of fused-ring (bicyclic) bond motifs is 1. The van der Waals surface area contributed by atoms with Crippen LogP contribution in [0.25, 0.3) is 11.3 Å². The molecule has 2 aliphatic heterocycles. The summed E-state index contributed by atoms with van der Waals surface area (Å²) in [7, 11) is 3.11. The van der Waals surface area contributed by atoms with Gasteiger partial charge in [0.15, 0.2) is 5.13 Å². The van der Waals surface area contributed by atoms with Crippen LogP contribution < -0.4 is 24.4 Å². The molecule has 0 spiro atoms. The molecule has 1 atom stereocenters. The molecule has 2 aliphatic rings. The minimum Gasteiger partial charge on any atom is -0.497 e. The highest BCUT2D eigenvalue weighted by Gasteiger charge is 2.36. The largest absolute Gasteiger partial charge is 0.497 e. The third-order valence-corrected chi connectivity index (χ3v) is 6.65. The van der Waals surface area contributed by atoms with Crippen molar-refractivity contribution in [2.24, 2.45) is 5.92 Å². The van der Waals surface area contributed by atoms with Crippen LogP contribution in [-0.4, -0.2) is 44.2 Å². The first kappa shape index (κ1) is 21.3. The standard InChI is InChI=1S/C24H23N3O5S/c1-30-17-4-6-21(31-2)19(11-17)27-12-16(10-22(27)28)23(29)26-24-25-18(13-33-24)14-3-5-20-15(9-14)7-8-32-20/h3-6,9,11,13,16H,7-8,10,12H2,1-2H3,(H,25,26,29). The van der Waals surface area contributed by atoms with Crippen molar-refractivity contribution in [1.29, 1.82) is 0 Å². The number of aromatic nitrogens is 1. The Morgan fingerprint density at radius 1 is 1.21 bits per heavy atom. The predicted molar refractivity (Wildman–Crippen MR) is 125 cm³/mol. The van der Waals surface area contributed by atoms with E-state index >= 15 is 0 Å². The summed E-state index contributed by atoms with van der Waals surface area (Å²) in [4.78, 5) is 31.8. The summed E-state index contributed by atoms with van der Waals surface area (Å²) in [5, 5.41) is 5.31. The maximum atomic E-state index is 12.9. The van der Waals surface area contributed by atoms with Gasteiger partial charge in [-0.15, -0.1) is 11.3 Å². The number of hydrogen-bond donors (Lipinski definition) is 1. The van der Waals surface area contributed by atoms with Crippen molar-refractivity contribution >= 4 is 34.0 Å². The Labute approximate surface area is 195 Å². The quantitative estimate of drug-likeness (QED) is 0.596. The zero-order chi connectivity index (χ0) is 22.9. The number of ether oxygens (including phenoxy) is 3. The summed E-state index contributed by atoms with van der Waals surface area (Å²) in [6, 6.07) is 11.3. The van der Waals surface area contributed by atoms with E-state index in [4.69, 9.17) is 14.2 Å². The fourth-order valence-electron chi connectivity index (χ4n) is 4.14. The lowest BCUT2D eigenvalue weighted by Crippen LogP contribution is -2.28. The first-order chi connectivity index (χ1) is 16.1. The molecule has 0 bridgehead atoms. The first-order valence-electron chi connectivity index (χ1n) is 10.6. The zero-order valence-electron chi connectivity index (χ0n) is 18.3. The van der Waals surface area contributed by atoms with Crippen molar-refractivity contribution in [2.45, 2.75) is 12.8 Å². The maximum Gasteiger partial charge on any atom is 0.231 e.